The maximum atomic E-state index is 10.3. The Balaban J connectivity index is 0.000000275. The van der Waals surface area contributed by atoms with Crippen molar-refractivity contribution in [2.45, 2.75) is 84.5 Å². The molecule has 0 spiro atoms. The average molecular weight is 689 g/mol. The zero-order valence-electron chi connectivity index (χ0n) is 30.4. The second-order valence-corrected chi connectivity index (χ2v) is 13.5. The third-order valence-corrected chi connectivity index (χ3v) is 7.64. The Hall–Kier alpha value is -3.95. The largest absolute Gasteiger partial charge is 0.491 e. The SMILES string of the molecule is CC(C)(Cc1c[nH]c2ccccc12)NCC(O)COc1ccccc1C#N.CC(C)NCC(O)COc1ccc(COCCOC(C)C)cc1. The Morgan fingerprint density at radius 1 is 0.840 bits per heavy atom. The van der Waals surface area contributed by atoms with E-state index in [1.807, 2.05) is 76.4 Å². The van der Waals surface area contributed by atoms with Crippen molar-refractivity contribution in [1.29, 1.82) is 5.26 Å². The number of aliphatic hydroxyl groups is 2. The minimum Gasteiger partial charge on any atom is -0.491 e. The number of benzene rings is 3. The number of nitriles is 1. The molecule has 0 saturated carbocycles. The van der Waals surface area contributed by atoms with E-state index in [1.165, 1.54) is 10.9 Å². The maximum absolute atomic E-state index is 10.3. The number of rotatable bonds is 20. The van der Waals surface area contributed by atoms with Crippen molar-refractivity contribution in [2.24, 2.45) is 0 Å². The fourth-order valence-corrected chi connectivity index (χ4v) is 4.98. The Morgan fingerprint density at radius 2 is 1.52 bits per heavy atom. The average Bonchev–Trinajstić information content (AvgIpc) is 3.50. The molecule has 4 rings (SSSR count). The number of β-amino-alcohol motifs (C(OH)–C–C–N with tert-alkyl or cyclic N) is 1. The molecule has 50 heavy (non-hydrogen) atoms. The highest BCUT2D eigenvalue weighted by atomic mass is 16.5. The van der Waals surface area contributed by atoms with Crippen LogP contribution >= 0.6 is 0 Å². The van der Waals surface area contributed by atoms with Crippen LogP contribution in [0.25, 0.3) is 10.9 Å². The lowest BCUT2D eigenvalue weighted by molar-refractivity contribution is 0.0143. The molecule has 1 aromatic heterocycles. The lowest BCUT2D eigenvalue weighted by Gasteiger charge is -2.28. The predicted molar refractivity (Wildman–Crippen MR) is 199 cm³/mol. The summed E-state index contributed by atoms with van der Waals surface area (Å²) in [4.78, 5) is 3.30. The van der Waals surface area contributed by atoms with Crippen molar-refractivity contribution in [3.05, 3.63) is 95.7 Å². The third-order valence-electron chi connectivity index (χ3n) is 7.64. The van der Waals surface area contributed by atoms with Gasteiger partial charge in [-0.05, 0) is 75.6 Å². The van der Waals surface area contributed by atoms with Gasteiger partial charge in [-0.2, -0.15) is 5.26 Å². The van der Waals surface area contributed by atoms with Gasteiger partial charge in [0.05, 0.1) is 31.5 Å². The van der Waals surface area contributed by atoms with Gasteiger partial charge in [0.2, 0.25) is 0 Å². The lowest BCUT2D eigenvalue weighted by atomic mass is 9.94. The van der Waals surface area contributed by atoms with Gasteiger partial charge in [-0.1, -0.05) is 56.3 Å². The van der Waals surface area contributed by atoms with E-state index in [1.54, 1.807) is 18.2 Å². The number of aliphatic hydroxyl groups excluding tert-OH is 2. The van der Waals surface area contributed by atoms with Crippen LogP contribution in [0.2, 0.25) is 0 Å². The van der Waals surface area contributed by atoms with Crippen LogP contribution in [0.4, 0.5) is 0 Å². The van der Waals surface area contributed by atoms with Crippen LogP contribution in [0.5, 0.6) is 11.5 Å². The molecule has 0 radical (unpaired) electrons. The molecule has 5 N–H and O–H groups in total. The number of ether oxygens (including phenoxy) is 4. The van der Waals surface area contributed by atoms with Crippen molar-refractivity contribution in [1.82, 2.24) is 15.6 Å². The van der Waals surface area contributed by atoms with Gasteiger partial charge in [0.25, 0.3) is 0 Å². The van der Waals surface area contributed by atoms with Crippen molar-refractivity contribution in [3.8, 4) is 17.6 Å². The number of para-hydroxylation sites is 2. The van der Waals surface area contributed by atoms with Gasteiger partial charge >= 0.3 is 0 Å². The highest BCUT2D eigenvalue weighted by Crippen LogP contribution is 2.22. The zero-order chi connectivity index (χ0) is 36.4. The van der Waals surface area contributed by atoms with Crippen LogP contribution in [0.15, 0.2) is 79.0 Å². The second kappa shape index (κ2) is 21.3. The summed E-state index contributed by atoms with van der Waals surface area (Å²) in [5.41, 5.74) is 3.75. The first-order valence-electron chi connectivity index (χ1n) is 17.4. The van der Waals surface area contributed by atoms with Gasteiger partial charge in [-0.15, -0.1) is 0 Å². The number of fused-ring (bicyclic) bond motifs is 1. The standard InChI is InChI=1S/C22H25N3O2.C18H31NO4/c1-22(2,11-17-13-24-20-9-5-4-8-19(17)20)25-14-18(26)15-27-21-10-6-3-7-16(21)12-23;1-14(2)19-11-17(20)13-23-18-7-5-16(6-8-18)12-21-9-10-22-15(3)4/h3-10,13,18,24-26H,11,14-15H2,1-2H3;5-8,14-15,17,19-20H,9-13H2,1-4H3. The lowest BCUT2D eigenvalue weighted by Crippen LogP contribution is -2.46. The fraction of sp³-hybridized carbons (Fsp3) is 0.475. The van der Waals surface area contributed by atoms with Gasteiger partial charge in [-0.25, -0.2) is 0 Å². The molecule has 10 nitrogen and oxygen atoms in total. The van der Waals surface area contributed by atoms with Crippen LogP contribution in [0, 0.1) is 11.3 Å². The molecule has 0 aliphatic rings. The van der Waals surface area contributed by atoms with Gasteiger partial charge in [0, 0.05) is 41.8 Å². The molecule has 2 unspecified atom stereocenters. The molecule has 4 aromatic rings. The number of hydrogen-bond acceptors (Lipinski definition) is 9. The summed E-state index contributed by atoms with van der Waals surface area (Å²) in [6.45, 7) is 15.5. The van der Waals surface area contributed by atoms with E-state index in [-0.39, 0.29) is 24.9 Å². The molecular weight excluding hydrogens is 632 g/mol. The Morgan fingerprint density at radius 3 is 2.24 bits per heavy atom. The summed E-state index contributed by atoms with van der Waals surface area (Å²) in [6, 6.07) is 25.5. The normalized spacial score (nSPS) is 12.7. The third kappa shape index (κ3) is 15.3. The number of aromatic amines is 1. The molecule has 0 saturated heterocycles. The molecule has 2 atom stereocenters. The second-order valence-electron chi connectivity index (χ2n) is 13.5. The van der Waals surface area contributed by atoms with Crippen LogP contribution < -0.4 is 20.1 Å². The molecule has 0 amide bonds. The van der Waals surface area contributed by atoms with E-state index >= 15 is 0 Å². The van der Waals surface area contributed by atoms with Crippen molar-refractivity contribution in [3.63, 3.8) is 0 Å². The first kappa shape index (κ1) is 40.5. The maximum Gasteiger partial charge on any atom is 0.137 e. The summed E-state index contributed by atoms with van der Waals surface area (Å²) in [7, 11) is 0. The first-order chi connectivity index (χ1) is 24.0. The Kier molecular flexibility index (Phi) is 17.3. The number of nitrogens with zero attached hydrogens (tertiary/aromatic N) is 1. The summed E-state index contributed by atoms with van der Waals surface area (Å²) in [5, 5.41) is 37.0. The Labute approximate surface area is 297 Å². The quantitative estimate of drug-likeness (QED) is 0.0734. The van der Waals surface area contributed by atoms with E-state index in [0.29, 0.717) is 50.3 Å². The minimum atomic E-state index is -0.668. The van der Waals surface area contributed by atoms with Crippen molar-refractivity contribution >= 4 is 10.9 Å². The van der Waals surface area contributed by atoms with E-state index < -0.39 is 12.2 Å². The molecular formula is C40H56N4O6. The zero-order valence-corrected chi connectivity index (χ0v) is 30.4. The number of aromatic nitrogens is 1. The highest BCUT2D eigenvalue weighted by molar-refractivity contribution is 5.83. The van der Waals surface area contributed by atoms with Crippen LogP contribution in [-0.2, 0) is 22.5 Å². The van der Waals surface area contributed by atoms with E-state index in [0.717, 1.165) is 23.3 Å². The van der Waals surface area contributed by atoms with E-state index in [9.17, 15) is 10.2 Å². The molecule has 0 aliphatic heterocycles. The number of hydrogen-bond donors (Lipinski definition) is 5. The van der Waals surface area contributed by atoms with Crippen molar-refractivity contribution in [2.75, 3.05) is 39.5 Å². The number of nitrogens with one attached hydrogen (secondary N) is 3. The molecule has 3 aromatic carbocycles. The summed E-state index contributed by atoms with van der Waals surface area (Å²) >= 11 is 0. The van der Waals surface area contributed by atoms with Crippen LogP contribution in [0.1, 0.15) is 58.2 Å². The molecule has 0 bridgehead atoms. The number of H-pyrrole nitrogens is 1. The van der Waals surface area contributed by atoms with Gasteiger partial charge in [0.15, 0.2) is 0 Å². The fourth-order valence-electron chi connectivity index (χ4n) is 4.98. The molecule has 1 heterocycles. The molecule has 0 aliphatic carbocycles. The molecule has 0 fully saturated rings. The topological polar surface area (TPSA) is 141 Å². The summed E-state index contributed by atoms with van der Waals surface area (Å²) in [6.07, 6.45) is 1.94. The first-order valence-corrected chi connectivity index (χ1v) is 17.4. The van der Waals surface area contributed by atoms with Crippen LogP contribution in [0.3, 0.4) is 0 Å². The molecule has 272 valence electrons. The Bertz CT molecular complexity index is 1560. The van der Waals surface area contributed by atoms with Gasteiger partial charge in [0.1, 0.15) is 43.0 Å². The monoisotopic (exact) mass is 688 g/mol. The smallest absolute Gasteiger partial charge is 0.137 e. The predicted octanol–water partition coefficient (Wildman–Crippen LogP) is 5.76. The minimum absolute atomic E-state index is 0.134. The van der Waals surface area contributed by atoms with Crippen molar-refractivity contribution < 1.29 is 29.2 Å². The summed E-state index contributed by atoms with van der Waals surface area (Å²) < 4.78 is 22.1. The highest BCUT2D eigenvalue weighted by Gasteiger charge is 2.21. The van der Waals surface area contributed by atoms with E-state index in [2.05, 4.69) is 47.7 Å². The summed E-state index contributed by atoms with van der Waals surface area (Å²) in [5.74, 6) is 1.25. The van der Waals surface area contributed by atoms with Gasteiger partial charge in [-0.3, -0.25) is 0 Å². The molecule has 10 heteroatoms. The van der Waals surface area contributed by atoms with Gasteiger partial charge < -0.3 is 44.8 Å². The van der Waals surface area contributed by atoms with E-state index in [4.69, 9.17) is 24.2 Å². The van der Waals surface area contributed by atoms with Crippen LogP contribution in [-0.4, -0.2) is 84.6 Å².